The summed E-state index contributed by atoms with van der Waals surface area (Å²) in [5, 5.41) is 10.6. The average Bonchev–Trinajstić information content (AvgIpc) is 2.62. The third kappa shape index (κ3) is 3.51. The maximum absolute atomic E-state index is 4.10. The summed E-state index contributed by atoms with van der Waals surface area (Å²) >= 11 is 0. The molecule has 0 amide bonds. The molecule has 84 valence electrons. The van der Waals surface area contributed by atoms with E-state index in [0.29, 0.717) is 12.0 Å². The van der Waals surface area contributed by atoms with Crippen molar-refractivity contribution in [2.75, 3.05) is 0 Å². The first-order valence-electron chi connectivity index (χ1n) is 5.51. The third-order valence-corrected chi connectivity index (χ3v) is 2.47. The van der Waals surface area contributed by atoms with Gasteiger partial charge < -0.3 is 5.32 Å². The minimum atomic E-state index is 0.467. The summed E-state index contributed by atoms with van der Waals surface area (Å²) in [6.45, 7) is 11.1. The van der Waals surface area contributed by atoms with Gasteiger partial charge in [-0.25, -0.2) is 0 Å². The van der Waals surface area contributed by atoms with E-state index in [2.05, 4.69) is 42.9 Å². The zero-order chi connectivity index (χ0) is 11.3. The summed E-state index contributed by atoms with van der Waals surface area (Å²) in [7, 11) is 0. The second-order valence-electron chi connectivity index (χ2n) is 4.27. The zero-order valence-electron chi connectivity index (χ0n) is 9.88. The van der Waals surface area contributed by atoms with Gasteiger partial charge in [-0.1, -0.05) is 26.8 Å². The largest absolute Gasteiger partial charge is 0.310 e. The summed E-state index contributed by atoms with van der Waals surface area (Å²) < 4.78 is 0. The second kappa shape index (κ2) is 5.71. The molecule has 0 aliphatic heterocycles. The summed E-state index contributed by atoms with van der Waals surface area (Å²) in [5.41, 5.74) is 2.49. The molecule has 1 atom stereocenters. The van der Waals surface area contributed by atoms with E-state index in [0.717, 1.165) is 13.0 Å². The van der Waals surface area contributed by atoms with Crippen molar-refractivity contribution in [2.24, 2.45) is 0 Å². The summed E-state index contributed by atoms with van der Waals surface area (Å²) in [5.74, 6) is 0.467. The van der Waals surface area contributed by atoms with Crippen LogP contribution in [0.25, 0.3) is 0 Å². The Morgan fingerprint density at radius 3 is 2.87 bits per heavy atom. The van der Waals surface area contributed by atoms with E-state index in [-0.39, 0.29) is 0 Å². The van der Waals surface area contributed by atoms with Crippen molar-refractivity contribution >= 4 is 0 Å². The van der Waals surface area contributed by atoms with E-state index >= 15 is 0 Å². The first kappa shape index (κ1) is 12.0. The van der Waals surface area contributed by atoms with Gasteiger partial charge in [-0.3, -0.25) is 5.10 Å². The maximum Gasteiger partial charge on any atom is 0.0535 e. The molecular weight excluding hydrogens is 186 g/mol. The Bertz CT molecular complexity index is 302. The predicted octanol–water partition coefficient (Wildman–Crippen LogP) is 2.59. The van der Waals surface area contributed by atoms with Gasteiger partial charge in [-0.2, -0.15) is 5.10 Å². The fourth-order valence-electron chi connectivity index (χ4n) is 1.57. The molecule has 0 radical (unpaired) electrons. The van der Waals surface area contributed by atoms with Crippen LogP contribution >= 0.6 is 0 Å². The van der Waals surface area contributed by atoms with E-state index in [9.17, 15) is 0 Å². The van der Waals surface area contributed by atoms with E-state index in [1.807, 2.05) is 12.3 Å². The van der Waals surface area contributed by atoms with Crippen molar-refractivity contribution < 1.29 is 0 Å². The number of aromatic nitrogens is 2. The smallest absolute Gasteiger partial charge is 0.0535 e. The highest BCUT2D eigenvalue weighted by molar-refractivity contribution is 5.20. The number of hydrogen-bond acceptors (Lipinski definition) is 2. The molecule has 3 heteroatoms. The molecule has 1 heterocycles. The van der Waals surface area contributed by atoms with Crippen LogP contribution in [0.1, 0.15) is 44.4 Å². The lowest BCUT2D eigenvalue weighted by Crippen LogP contribution is -2.22. The highest BCUT2D eigenvalue weighted by Crippen LogP contribution is 2.20. The van der Waals surface area contributed by atoms with Crippen LogP contribution in [0.3, 0.4) is 0 Å². The van der Waals surface area contributed by atoms with Gasteiger partial charge in [-0.05, 0) is 6.42 Å². The minimum Gasteiger partial charge on any atom is -0.310 e. The number of H-pyrrole nitrogens is 1. The van der Waals surface area contributed by atoms with Crippen molar-refractivity contribution in [3.63, 3.8) is 0 Å². The molecular formula is C12H21N3. The maximum atomic E-state index is 4.10. The van der Waals surface area contributed by atoms with Crippen LogP contribution in [0.15, 0.2) is 18.9 Å². The standard InChI is InChI=1S/C12H21N3/c1-5-6-10(4)12-11(8-14-15-12)7-13-9(2)3/h5,8-10,13H,1,6-7H2,2-4H3,(H,14,15). The van der Waals surface area contributed by atoms with E-state index in [4.69, 9.17) is 0 Å². The van der Waals surface area contributed by atoms with Gasteiger partial charge in [-0.15, -0.1) is 6.58 Å². The SMILES string of the molecule is C=CCC(C)c1[nH]ncc1CNC(C)C. The highest BCUT2D eigenvalue weighted by Gasteiger charge is 2.11. The number of rotatable bonds is 6. The summed E-state index contributed by atoms with van der Waals surface area (Å²) in [6, 6.07) is 0.502. The Morgan fingerprint density at radius 1 is 1.53 bits per heavy atom. The molecule has 0 fully saturated rings. The van der Waals surface area contributed by atoms with Gasteiger partial charge in [0.2, 0.25) is 0 Å². The number of allylic oxidation sites excluding steroid dienone is 1. The lowest BCUT2D eigenvalue weighted by molar-refractivity contribution is 0.582. The molecule has 0 saturated carbocycles. The van der Waals surface area contributed by atoms with Crippen LogP contribution in [0.5, 0.6) is 0 Å². The second-order valence-corrected chi connectivity index (χ2v) is 4.27. The molecule has 0 spiro atoms. The van der Waals surface area contributed by atoms with Crippen molar-refractivity contribution in [3.8, 4) is 0 Å². The lowest BCUT2D eigenvalue weighted by atomic mass is 10.0. The fourth-order valence-corrected chi connectivity index (χ4v) is 1.57. The van der Waals surface area contributed by atoms with E-state index in [1.165, 1.54) is 11.3 Å². The van der Waals surface area contributed by atoms with Gasteiger partial charge >= 0.3 is 0 Å². The summed E-state index contributed by atoms with van der Waals surface area (Å²) in [4.78, 5) is 0. The average molecular weight is 207 g/mol. The Kier molecular flexibility index (Phi) is 4.56. The fraction of sp³-hybridized carbons (Fsp3) is 0.583. The monoisotopic (exact) mass is 207 g/mol. The topological polar surface area (TPSA) is 40.7 Å². The van der Waals surface area contributed by atoms with E-state index in [1.54, 1.807) is 0 Å². The molecule has 3 nitrogen and oxygen atoms in total. The van der Waals surface area contributed by atoms with Gasteiger partial charge in [0.1, 0.15) is 0 Å². The van der Waals surface area contributed by atoms with E-state index < -0.39 is 0 Å². The number of hydrogen-bond donors (Lipinski definition) is 2. The van der Waals surface area contributed by atoms with Gasteiger partial charge in [0.25, 0.3) is 0 Å². The van der Waals surface area contributed by atoms with Gasteiger partial charge in [0.05, 0.1) is 6.20 Å². The van der Waals surface area contributed by atoms with Crippen molar-refractivity contribution in [1.29, 1.82) is 0 Å². The number of nitrogens with one attached hydrogen (secondary N) is 2. The first-order chi connectivity index (χ1) is 7.15. The normalized spacial score (nSPS) is 13.1. The third-order valence-electron chi connectivity index (χ3n) is 2.47. The molecule has 0 aliphatic rings. The molecule has 15 heavy (non-hydrogen) atoms. The number of nitrogens with zero attached hydrogens (tertiary/aromatic N) is 1. The van der Waals surface area contributed by atoms with Crippen molar-refractivity contribution in [3.05, 3.63) is 30.1 Å². The van der Waals surface area contributed by atoms with Crippen LogP contribution in [0.2, 0.25) is 0 Å². The Balaban J connectivity index is 2.64. The van der Waals surface area contributed by atoms with Crippen LogP contribution in [-0.2, 0) is 6.54 Å². The molecule has 1 rings (SSSR count). The molecule has 0 aliphatic carbocycles. The zero-order valence-corrected chi connectivity index (χ0v) is 9.88. The first-order valence-corrected chi connectivity index (χ1v) is 5.51. The molecule has 0 saturated heterocycles. The lowest BCUT2D eigenvalue weighted by Gasteiger charge is -2.11. The molecule has 0 bridgehead atoms. The van der Waals surface area contributed by atoms with Crippen LogP contribution in [0, 0.1) is 0 Å². The van der Waals surface area contributed by atoms with Gasteiger partial charge in [0, 0.05) is 29.8 Å². The predicted molar refractivity (Wildman–Crippen MR) is 63.8 cm³/mol. The molecule has 1 aromatic heterocycles. The molecule has 1 aromatic rings. The van der Waals surface area contributed by atoms with Gasteiger partial charge in [0.15, 0.2) is 0 Å². The van der Waals surface area contributed by atoms with Crippen molar-refractivity contribution in [1.82, 2.24) is 15.5 Å². The quantitative estimate of drug-likeness (QED) is 0.704. The van der Waals surface area contributed by atoms with Crippen LogP contribution in [-0.4, -0.2) is 16.2 Å². The Morgan fingerprint density at radius 2 is 2.27 bits per heavy atom. The highest BCUT2D eigenvalue weighted by atomic mass is 15.1. The van der Waals surface area contributed by atoms with Crippen LogP contribution in [0.4, 0.5) is 0 Å². The molecule has 1 unspecified atom stereocenters. The minimum absolute atomic E-state index is 0.467. The molecule has 2 N–H and O–H groups in total. The Hall–Kier alpha value is -1.09. The Labute approximate surface area is 92.0 Å². The van der Waals surface area contributed by atoms with Crippen LogP contribution < -0.4 is 5.32 Å². The van der Waals surface area contributed by atoms with Crippen molar-refractivity contribution in [2.45, 2.75) is 45.7 Å². The number of aromatic amines is 1. The summed E-state index contributed by atoms with van der Waals surface area (Å²) in [6.07, 6.45) is 4.84. The molecule has 0 aromatic carbocycles.